The van der Waals surface area contributed by atoms with Crippen LogP contribution < -0.4 is 0 Å². The smallest absolute Gasteiger partial charge is 0.234 e. The van der Waals surface area contributed by atoms with E-state index in [2.05, 4.69) is 56.7 Å². The van der Waals surface area contributed by atoms with Gasteiger partial charge in [0.25, 0.3) is 0 Å². The first-order valence-corrected chi connectivity index (χ1v) is 7.25. The van der Waals surface area contributed by atoms with Crippen molar-refractivity contribution >= 4 is 21.7 Å². The van der Waals surface area contributed by atoms with Gasteiger partial charge in [-0.25, -0.2) is 9.97 Å². The molecular formula is C13H20BrN5. The molecule has 0 atom stereocenters. The maximum Gasteiger partial charge on any atom is 0.234 e. The molecule has 0 N–H and O–H groups in total. The van der Waals surface area contributed by atoms with Gasteiger partial charge in [0.2, 0.25) is 5.78 Å². The molecule has 104 valence electrons. The summed E-state index contributed by atoms with van der Waals surface area (Å²) in [5.74, 6) is 0.744. The summed E-state index contributed by atoms with van der Waals surface area (Å²) < 4.78 is 2.97. The molecule has 0 spiro atoms. The Morgan fingerprint density at radius 1 is 1.32 bits per heavy atom. The molecule has 19 heavy (non-hydrogen) atoms. The third kappa shape index (κ3) is 3.52. The van der Waals surface area contributed by atoms with Crippen LogP contribution in [0.1, 0.15) is 12.6 Å². The molecule has 0 bridgehead atoms. The Morgan fingerprint density at radius 2 is 2.11 bits per heavy atom. The molecule has 0 amide bonds. The number of hydrogen-bond acceptors (Lipinski definition) is 4. The maximum atomic E-state index is 4.58. The fourth-order valence-electron chi connectivity index (χ4n) is 1.91. The molecule has 0 aliphatic heterocycles. The van der Waals surface area contributed by atoms with Gasteiger partial charge >= 0.3 is 0 Å². The molecule has 2 heterocycles. The Morgan fingerprint density at radius 3 is 2.74 bits per heavy atom. The van der Waals surface area contributed by atoms with Gasteiger partial charge in [0.05, 0.1) is 5.69 Å². The lowest BCUT2D eigenvalue weighted by Crippen LogP contribution is -2.31. The van der Waals surface area contributed by atoms with Gasteiger partial charge in [-0.2, -0.15) is 0 Å². The van der Waals surface area contributed by atoms with Crippen LogP contribution in [-0.4, -0.2) is 57.9 Å². The largest absolute Gasteiger partial charge is 0.308 e. The van der Waals surface area contributed by atoms with Gasteiger partial charge < -0.3 is 4.90 Å². The average molecular weight is 326 g/mol. The van der Waals surface area contributed by atoms with Crippen molar-refractivity contribution in [2.24, 2.45) is 0 Å². The summed E-state index contributed by atoms with van der Waals surface area (Å²) in [6.45, 7) is 6.13. The number of fused-ring (bicyclic) bond motifs is 1. The zero-order valence-electron chi connectivity index (χ0n) is 11.7. The first-order chi connectivity index (χ1) is 9.11. The molecule has 0 fully saturated rings. The predicted molar refractivity (Wildman–Crippen MR) is 80.2 cm³/mol. The third-order valence-electron chi connectivity index (χ3n) is 3.10. The minimum absolute atomic E-state index is 0.744. The average Bonchev–Trinajstić information content (AvgIpc) is 2.71. The van der Waals surface area contributed by atoms with Crippen molar-refractivity contribution in [3.63, 3.8) is 0 Å². The van der Waals surface area contributed by atoms with Crippen molar-refractivity contribution in [2.45, 2.75) is 13.5 Å². The fraction of sp³-hybridized carbons (Fsp3) is 0.538. The quantitative estimate of drug-likeness (QED) is 0.812. The van der Waals surface area contributed by atoms with E-state index in [-0.39, 0.29) is 0 Å². The summed E-state index contributed by atoms with van der Waals surface area (Å²) in [6.07, 6.45) is 3.74. The van der Waals surface area contributed by atoms with Crippen molar-refractivity contribution in [3.05, 3.63) is 28.8 Å². The van der Waals surface area contributed by atoms with E-state index in [1.165, 1.54) is 0 Å². The van der Waals surface area contributed by atoms with E-state index in [9.17, 15) is 0 Å². The number of imidazole rings is 1. The van der Waals surface area contributed by atoms with Crippen LogP contribution in [0.5, 0.6) is 0 Å². The van der Waals surface area contributed by atoms with Gasteiger partial charge in [0.15, 0.2) is 0 Å². The number of nitrogens with zero attached hydrogens (tertiary/aromatic N) is 5. The highest BCUT2D eigenvalue weighted by Crippen LogP contribution is 2.19. The summed E-state index contributed by atoms with van der Waals surface area (Å²) in [4.78, 5) is 13.4. The van der Waals surface area contributed by atoms with Gasteiger partial charge in [-0.3, -0.25) is 9.30 Å². The van der Waals surface area contributed by atoms with Crippen molar-refractivity contribution < 1.29 is 0 Å². The van der Waals surface area contributed by atoms with Gasteiger partial charge in [-0.05, 0) is 42.6 Å². The zero-order valence-corrected chi connectivity index (χ0v) is 13.3. The van der Waals surface area contributed by atoms with Crippen molar-refractivity contribution in [2.75, 3.05) is 33.7 Å². The van der Waals surface area contributed by atoms with Gasteiger partial charge in [-0.1, -0.05) is 6.92 Å². The monoisotopic (exact) mass is 325 g/mol. The first-order valence-electron chi connectivity index (χ1n) is 6.46. The summed E-state index contributed by atoms with van der Waals surface area (Å²) >= 11 is 3.61. The summed E-state index contributed by atoms with van der Waals surface area (Å²) in [5, 5.41) is 0. The van der Waals surface area contributed by atoms with Crippen LogP contribution in [0.4, 0.5) is 0 Å². The molecule has 2 aromatic heterocycles. The third-order valence-corrected chi connectivity index (χ3v) is 3.94. The molecule has 0 unspecified atom stereocenters. The summed E-state index contributed by atoms with van der Waals surface area (Å²) in [7, 11) is 4.19. The Labute approximate surface area is 122 Å². The summed E-state index contributed by atoms with van der Waals surface area (Å²) in [6, 6.07) is 1.91. The van der Waals surface area contributed by atoms with Crippen LogP contribution in [0.15, 0.2) is 23.1 Å². The second-order valence-electron chi connectivity index (χ2n) is 4.81. The molecule has 0 aromatic carbocycles. The number of hydrogen-bond donors (Lipinski definition) is 0. The lowest BCUT2D eigenvalue weighted by Gasteiger charge is -2.21. The Balaban J connectivity index is 2.13. The molecule has 6 heteroatoms. The highest BCUT2D eigenvalue weighted by molar-refractivity contribution is 9.10. The number of likely N-dealkylation sites (N-methyl/N-ethyl adjacent to an activating group) is 2. The predicted octanol–water partition coefficient (Wildman–Crippen LogP) is 1.88. The van der Waals surface area contributed by atoms with Crippen molar-refractivity contribution in [3.8, 4) is 0 Å². The molecule has 0 saturated carbocycles. The first kappa shape index (κ1) is 14.4. The summed E-state index contributed by atoms with van der Waals surface area (Å²) in [5.41, 5.74) is 1.04. The molecular weight excluding hydrogens is 306 g/mol. The van der Waals surface area contributed by atoms with Crippen molar-refractivity contribution in [1.82, 2.24) is 24.2 Å². The lowest BCUT2D eigenvalue weighted by molar-refractivity contribution is 0.242. The molecule has 5 nitrogen and oxygen atoms in total. The second-order valence-corrected chi connectivity index (χ2v) is 5.56. The molecule has 0 aliphatic rings. The molecule has 2 rings (SSSR count). The standard InChI is InChI=1S/C13H20BrN5/c1-4-18(9-8-17(2)3)10-11-12(14)19-7-5-6-15-13(19)16-11/h5-7H,4,8-10H2,1-3H3. The van der Waals surface area contributed by atoms with Crippen LogP contribution >= 0.6 is 15.9 Å². The van der Waals surface area contributed by atoms with E-state index in [4.69, 9.17) is 0 Å². The number of rotatable bonds is 6. The Hall–Kier alpha value is -0.980. The molecule has 0 aliphatic carbocycles. The van der Waals surface area contributed by atoms with Crippen LogP contribution in [0.25, 0.3) is 5.78 Å². The second kappa shape index (κ2) is 6.45. The normalized spacial score (nSPS) is 11.9. The fourth-order valence-corrected chi connectivity index (χ4v) is 2.40. The van der Waals surface area contributed by atoms with Crippen molar-refractivity contribution in [1.29, 1.82) is 0 Å². The highest BCUT2D eigenvalue weighted by atomic mass is 79.9. The minimum Gasteiger partial charge on any atom is -0.308 e. The van der Waals surface area contributed by atoms with Gasteiger partial charge in [0.1, 0.15) is 4.60 Å². The van der Waals surface area contributed by atoms with E-state index < -0.39 is 0 Å². The topological polar surface area (TPSA) is 36.7 Å². The number of halogens is 1. The Bertz CT molecular complexity index is 537. The zero-order chi connectivity index (χ0) is 13.8. The minimum atomic E-state index is 0.744. The highest BCUT2D eigenvalue weighted by Gasteiger charge is 2.13. The SMILES string of the molecule is CCN(CCN(C)C)Cc1nc2ncccn2c1Br. The van der Waals surface area contributed by atoms with Gasteiger partial charge in [-0.15, -0.1) is 0 Å². The lowest BCUT2D eigenvalue weighted by atomic mass is 10.4. The maximum absolute atomic E-state index is 4.58. The van der Waals surface area contributed by atoms with Crippen LogP contribution in [-0.2, 0) is 6.54 Å². The van der Waals surface area contributed by atoms with Crippen LogP contribution in [0.2, 0.25) is 0 Å². The van der Waals surface area contributed by atoms with E-state index in [0.29, 0.717) is 0 Å². The number of aromatic nitrogens is 3. The van der Waals surface area contributed by atoms with E-state index in [1.54, 1.807) is 6.20 Å². The van der Waals surface area contributed by atoms with E-state index in [1.807, 2.05) is 16.7 Å². The van der Waals surface area contributed by atoms with Gasteiger partial charge in [0, 0.05) is 32.0 Å². The molecule has 0 saturated heterocycles. The molecule has 0 radical (unpaired) electrons. The van der Waals surface area contributed by atoms with E-state index in [0.717, 1.165) is 42.3 Å². The Kier molecular flexibility index (Phi) is 4.90. The van der Waals surface area contributed by atoms with Crippen LogP contribution in [0, 0.1) is 0 Å². The molecule has 2 aromatic rings. The van der Waals surface area contributed by atoms with Crippen LogP contribution in [0.3, 0.4) is 0 Å². The van der Waals surface area contributed by atoms with E-state index >= 15 is 0 Å².